The van der Waals surface area contributed by atoms with E-state index in [1.165, 1.54) is 88.2 Å². The second-order valence-corrected chi connectivity index (χ2v) is 12.0. The summed E-state index contributed by atoms with van der Waals surface area (Å²) in [5.41, 5.74) is 3.76. The Kier molecular flexibility index (Phi) is 17.8. The lowest BCUT2D eigenvalue weighted by atomic mass is 9.82. The molecule has 210 valence electrons. The lowest BCUT2D eigenvalue weighted by Gasteiger charge is -2.25. The molecular weight excluding hydrogens is 467 g/mol. The van der Waals surface area contributed by atoms with Crippen molar-refractivity contribution in [2.45, 2.75) is 150 Å². The molecule has 0 bridgehead atoms. The Bertz CT molecular complexity index is 742. The van der Waals surface area contributed by atoms with Gasteiger partial charge in [-0.15, -0.1) is 0 Å². The van der Waals surface area contributed by atoms with E-state index in [2.05, 4.69) is 40.7 Å². The molecule has 4 nitrogen and oxygen atoms in total. The van der Waals surface area contributed by atoms with E-state index in [9.17, 15) is 14.4 Å². The molecule has 0 aromatic heterocycles. The zero-order chi connectivity index (χ0) is 26.8. The van der Waals surface area contributed by atoms with Gasteiger partial charge in [0.2, 0.25) is 0 Å². The van der Waals surface area contributed by atoms with Gasteiger partial charge in [-0.3, -0.25) is 9.79 Å². The Labute approximate surface area is 223 Å². The Hall–Kier alpha value is -0.830. The number of hydrogen-bond donors (Lipinski definition) is 2. The molecule has 36 heavy (non-hydrogen) atoms. The summed E-state index contributed by atoms with van der Waals surface area (Å²) in [6.07, 6.45) is 21.2. The Morgan fingerprint density at radius 1 is 0.694 bits per heavy atom. The smallest absolute Gasteiger partial charge is 0.404 e. The van der Waals surface area contributed by atoms with Crippen LogP contribution in [0.25, 0.3) is 0 Å². The summed E-state index contributed by atoms with van der Waals surface area (Å²) in [7, 11) is -4.62. The van der Waals surface area contributed by atoms with Gasteiger partial charge in [0, 0.05) is 0 Å². The highest BCUT2D eigenvalue weighted by atomic mass is 31.2. The minimum absolute atomic E-state index is 0.405. The van der Waals surface area contributed by atoms with E-state index in [0.717, 1.165) is 44.1 Å². The van der Waals surface area contributed by atoms with Gasteiger partial charge >= 0.3 is 7.82 Å². The lowest BCUT2D eigenvalue weighted by Crippen LogP contribution is -2.13. The quantitative estimate of drug-likeness (QED) is 0.117. The van der Waals surface area contributed by atoms with Crippen molar-refractivity contribution in [2.75, 3.05) is 0 Å². The number of hydrogen-bond acceptors (Lipinski definition) is 2. The van der Waals surface area contributed by atoms with Crippen molar-refractivity contribution in [1.82, 2.24) is 0 Å². The summed E-state index contributed by atoms with van der Waals surface area (Å²) >= 11 is 0. The fourth-order valence-corrected chi connectivity index (χ4v) is 5.81. The van der Waals surface area contributed by atoms with Gasteiger partial charge in [0.1, 0.15) is 5.75 Å². The molecule has 1 aromatic carbocycles. The van der Waals surface area contributed by atoms with Crippen molar-refractivity contribution in [3.63, 3.8) is 0 Å². The summed E-state index contributed by atoms with van der Waals surface area (Å²) in [4.78, 5) is 19.4. The number of phosphoric ester groups is 1. The van der Waals surface area contributed by atoms with Crippen LogP contribution < -0.4 is 4.52 Å². The molecule has 0 radical (unpaired) electrons. The van der Waals surface area contributed by atoms with Crippen LogP contribution in [0.15, 0.2) is 12.1 Å². The standard InChI is InChI=1S/C31H57O4P/c1-6-11-14-15-16-17-18-21-28-22-23-31(35-36(32,33)34)30(25-27(10-5)20-13-8-3)29(28)24-26(9-4)19-12-7-2/h22-23,26-27H,6-21,24-25H2,1-5H3,(H2,32,33,34). The summed E-state index contributed by atoms with van der Waals surface area (Å²) < 4.78 is 17.2. The fourth-order valence-electron chi connectivity index (χ4n) is 5.38. The molecule has 2 N–H and O–H groups in total. The van der Waals surface area contributed by atoms with Gasteiger partial charge < -0.3 is 4.52 Å². The molecule has 2 unspecified atom stereocenters. The van der Waals surface area contributed by atoms with Crippen LogP contribution in [0.2, 0.25) is 0 Å². The zero-order valence-electron chi connectivity index (χ0n) is 24.2. The average molecular weight is 525 g/mol. The van der Waals surface area contributed by atoms with E-state index in [0.29, 0.717) is 17.6 Å². The van der Waals surface area contributed by atoms with Crippen molar-refractivity contribution in [2.24, 2.45) is 11.8 Å². The third kappa shape index (κ3) is 13.6. The maximum Gasteiger partial charge on any atom is 0.524 e. The highest BCUT2D eigenvalue weighted by Crippen LogP contribution is 2.42. The van der Waals surface area contributed by atoms with Crippen molar-refractivity contribution in [1.29, 1.82) is 0 Å². The molecule has 0 spiro atoms. The van der Waals surface area contributed by atoms with E-state index in [4.69, 9.17) is 4.52 Å². The molecule has 0 aliphatic carbocycles. The monoisotopic (exact) mass is 524 g/mol. The van der Waals surface area contributed by atoms with Crippen LogP contribution >= 0.6 is 7.82 Å². The Morgan fingerprint density at radius 3 is 1.69 bits per heavy atom. The average Bonchev–Trinajstić information content (AvgIpc) is 2.84. The van der Waals surface area contributed by atoms with E-state index in [-0.39, 0.29) is 0 Å². The summed E-state index contributed by atoms with van der Waals surface area (Å²) in [5.74, 6) is 1.51. The van der Waals surface area contributed by atoms with Crippen LogP contribution in [0, 0.1) is 11.8 Å². The van der Waals surface area contributed by atoms with Crippen molar-refractivity contribution >= 4 is 7.82 Å². The number of rotatable bonds is 22. The van der Waals surface area contributed by atoms with Crippen LogP contribution in [-0.2, 0) is 23.8 Å². The summed E-state index contributed by atoms with van der Waals surface area (Å²) in [5, 5.41) is 0. The molecule has 0 amide bonds. The SMILES string of the molecule is CCCCCCCCCc1ccc(OP(=O)(O)O)c(CC(CC)CCCC)c1CC(CC)CCCC. The van der Waals surface area contributed by atoms with E-state index in [1.54, 1.807) is 0 Å². The largest absolute Gasteiger partial charge is 0.524 e. The number of phosphoric acid groups is 1. The van der Waals surface area contributed by atoms with Gasteiger partial charge in [0.15, 0.2) is 0 Å². The zero-order valence-corrected chi connectivity index (χ0v) is 25.1. The highest BCUT2D eigenvalue weighted by molar-refractivity contribution is 7.46. The number of unbranched alkanes of at least 4 members (excludes halogenated alkanes) is 8. The molecule has 0 aliphatic rings. The summed E-state index contributed by atoms with van der Waals surface area (Å²) in [6.45, 7) is 11.2. The van der Waals surface area contributed by atoms with Gasteiger partial charge in [0.25, 0.3) is 0 Å². The van der Waals surface area contributed by atoms with Crippen LogP contribution in [0.1, 0.15) is 148 Å². The van der Waals surface area contributed by atoms with E-state index >= 15 is 0 Å². The molecule has 0 heterocycles. The highest BCUT2D eigenvalue weighted by Gasteiger charge is 2.24. The van der Waals surface area contributed by atoms with Crippen LogP contribution in [0.5, 0.6) is 5.75 Å². The minimum atomic E-state index is -4.62. The van der Waals surface area contributed by atoms with Crippen LogP contribution in [-0.4, -0.2) is 9.79 Å². The molecule has 0 saturated heterocycles. The predicted molar refractivity (Wildman–Crippen MR) is 155 cm³/mol. The van der Waals surface area contributed by atoms with Crippen molar-refractivity contribution in [3.05, 3.63) is 28.8 Å². The fraction of sp³-hybridized carbons (Fsp3) is 0.806. The molecule has 1 aromatic rings. The Balaban J connectivity index is 3.30. The topological polar surface area (TPSA) is 66.8 Å². The number of aryl methyl sites for hydroxylation is 1. The first-order chi connectivity index (χ1) is 17.3. The van der Waals surface area contributed by atoms with Gasteiger partial charge in [-0.2, -0.15) is 0 Å². The predicted octanol–water partition coefficient (Wildman–Crippen LogP) is 9.97. The molecule has 0 fully saturated rings. The van der Waals surface area contributed by atoms with Gasteiger partial charge in [-0.05, 0) is 60.3 Å². The molecule has 5 heteroatoms. The first-order valence-electron chi connectivity index (χ1n) is 15.2. The molecule has 2 atom stereocenters. The van der Waals surface area contributed by atoms with E-state index < -0.39 is 7.82 Å². The second-order valence-electron chi connectivity index (χ2n) is 10.9. The molecular formula is C31H57O4P. The van der Waals surface area contributed by atoms with Crippen LogP contribution in [0.4, 0.5) is 0 Å². The van der Waals surface area contributed by atoms with E-state index in [1.807, 2.05) is 6.07 Å². The normalized spacial score (nSPS) is 13.6. The maximum absolute atomic E-state index is 11.9. The third-order valence-corrected chi connectivity index (χ3v) is 8.26. The van der Waals surface area contributed by atoms with Gasteiger partial charge in [0.05, 0.1) is 0 Å². The Morgan fingerprint density at radius 2 is 1.19 bits per heavy atom. The molecule has 0 aliphatic heterocycles. The second kappa shape index (κ2) is 19.3. The first kappa shape index (κ1) is 33.2. The van der Waals surface area contributed by atoms with Crippen molar-refractivity contribution < 1.29 is 18.9 Å². The van der Waals surface area contributed by atoms with Crippen molar-refractivity contribution in [3.8, 4) is 5.75 Å². The maximum atomic E-state index is 11.9. The van der Waals surface area contributed by atoms with Gasteiger partial charge in [-0.25, -0.2) is 4.57 Å². The first-order valence-corrected chi connectivity index (χ1v) is 16.7. The lowest BCUT2D eigenvalue weighted by molar-refractivity contribution is 0.281. The van der Waals surface area contributed by atoms with Crippen LogP contribution in [0.3, 0.4) is 0 Å². The molecule has 1 rings (SSSR count). The summed E-state index contributed by atoms with van der Waals surface area (Å²) in [6, 6.07) is 3.94. The minimum Gasteiger partial charge on any atom is -0.404 e. The van der Waals surface area contributed by atoms with Gasteiger partial charge in [-0.1, -0.05) is 131 Å². The molecule has 0 saturated carbocycles. The third-order valence-electron chi connectivity index (χ3n) is 7.82. The number of benzene rings is 1.